The van der Waals surface area contributed by atoms with Gasteiger partial charge in [-0.15, -0.1) is 0 Å². The molecule has 0 radical (unpaired) electrons. The second-order valence-electron chi connectivity index (χ2n) is 3.29. The number of aliphatic hydroxyl groups excluding tert-OH is 1. The van der Waals surface area contributed by atoms with Gasteiger partial charge in [0.1, 0.15) is 5.82 Å². The predicted molar refractivity (Wildman–Crippen MR) is 55.9 cm³/mol. The summed E-state index contributed by atoms with van der Waals surface area (Å²) in [5.41, 5.74) is 0.409. The maximum atomic E-state index is 12.8. The molecule has 1 amide bonds. The van der Waals surface area contributed by atoms with Crippen molar-refractivity contribution in [2.75, 3.05) is 11.9 Å². The molecule has 1 unspecified atom stereocenters. The van der Waals surface area contributed by atoms with Gasteiger partial charge in [-0.25, -0.2) is 4.39 Å². The maximum Gasteiger partial charge on any atom is 0.229 e. The Hall–Kier alpha value is -1.42. The molecular formula is C11H14FNO2. The van der Waals surface area contributed by atoms with Crippen LogP contribution < -0.4 is 5.32 Å². The Balaban J connectivity index is 2.65. The number of rotatable bonds is 4. The number of hydrogen-bond donors (Lipinski definition) is 2. The lowest BCUT2D eigenvalue weighted by Crippen LogP contribution is -2.25. The van der Waals surface area contributed by atoms with Crippen LogP contribution in [0.5, 0.6) is 0 Å². The number of nitrogens with one attached hydrogen (secondary N) is 1. The SMILES string of the molecule is CCC(CO)C(=O)Nc1cccc(F)c1. The van der Waals surface area contributed by atoms with Crippen molar-refractivity contribution in [3.63, 3.8) is 0 Å². The van der Waals surface area contributed by atoms with Gasteiger partial charge in [-0.05, 0) is 24.6 Å². The number of hydrogen-bond acceptors (Lipinski definition) is 2. The number of amides is 1. The van der Waals surface area contributed by atoms with Gasteiger partial charge in [-0.1, -0.05) is 13.0 Å². The molecule has 1 rings (SSSR count). The van der Waals surface area contributed by atoms with Crippen LogP contribution in [-0.2, 0) is 4.79 Å². The van der Waals surface area contributed by atoms with Crippen LogP contribution in [0.15, 0.2) is 24.3 Å². The third-order valence-corrected chi connectivity index (χ3v) is 2.18. The van der Waals surface area contributed by atoms with Crippen molar-refractivity contribution in [2.24, 2.45) is 5.92 Å². The highest BCUT2D eigenvalue weighted by atomic mass is 19.1. The molecule has 0 saturated heterocycles. The first kappa shape index (κ1) is 11.7. The average Bonchev–Trinajstić information content (AvgIpc) is 2.19. The normalized spacial score (nSPS) is 12.2. The van der Waals surface area contributed by atoms with Crippen LogP contribution >= 0.6 is 0 Å². The molecule has 3 nitrogen and oxygen atoms in total. The number of anilines is 1. The average molecular weight is 211 g/mol. The third kappa shape index (κ3) is 3.32. The molecule has 0 aliphatic heterocycles. The Morgan fingerprint density at radius 2 is 2.33 bits per heavy atom. The topological polar surface area (TPSA) is 49.3 Å². The summed E-state index contributed by atoms with van der Waals surface area (Å²) in [6, 6.07) is 5.66. The molecule has 4 heteroatoms. The van der Waals surface area contributed by atoms with E-state index in [1.54, 1.807) is 6.07 Å². The molecule has 0 saturated carbocycles. The van der Waals surface area contributed by atoms with E-state index in [0.717, 1.165) is 0 Å². The van der Waals surface area contributed by atoms with Gasteiger partial charge in [-0.2, -0.15) is 0 Å². The number of carbonyl (C=O) groups is 1. The van der Waals surface area contributed by atoms with Gasteiger partial charge in [0, 0.05) is 5.69 Å². The van der Waals surface area contributed by atoms with Crippen LogP contribution in [0.25, 0.3) is 0 Å². The summed E-state index contributed by atoms with van der Waals surface area (Å²) >= 11 is 0. The number of carbonyl (C=O) groups excluding carboxylic acids is 1. The first-order valence-corrected chi connectivity index (χ1v) is 4.84. The second-order valence-corrected chi connectivity index (χ2v) is 3.29. The smallest absolute Gasteiger partial charge is 0.229 e. The Morgan fingerprint density at radius 3 is 2.87 bits per heavy atom. The standard InChI is InChI=1S/C11H14FNO2/c1-2-8(7-14)11(15)13-10-5-3-4-9(12)6-10/h3-6,8,14H,2,7H2,1H3,(H,13,15). The predicted octanol–water partition coefficient (Wildman–Crippen LogP) is 1.78. The van der Waals surface area contributed by atoms with Crippen molar-refractivity contribution in [3.8, 4) is 0 Å². The Labute approximate surface area is 87.9 Å². The quantitative estimate of drug-likeness (QED) is 0.797. The molecule has 1 aromatic carbocycles. The van der Waals surface area contributed by atoms with Gasteiger partial charge in [0.05, 0.1) is 12.5 Å². The second kappa shape index (κ2) is 5.46. The van der Waals surface area contributed by atoms with Crippen LogP contribution in [0.2, 0.25) is 0 Å². The molecule has 82 valence electrons. The third-order valence-electron chi connectivity index (χ3n) is 2.18. The largest absolute Gasteiger partial charge is 0.396 e. The van der Waals surface area contributed by atoms with Gasteiger partial charge < -0.3 is 10.4 Å². The van der Waals surface area contributed by atoms with E-state index in [-0.39, 0.29) is 12.5 Å². The minimum atomic E-state index is -0.437. The van der Waals surface area contributed by atoms with E-state index < -0.39 is 11.7 Å². The highest BCUT2D eigenvalue weighted by molar-refractivity contribution is 5.92. The number of halogens is 1. The van der Waals surface area contributed by atoms with E-state index in [2.05, 4.69) is 5.32 Å². The molecule has 15 heavy (non-hydrogen) atoms. The van der Waals surface area contributed by atoms with E-state index in [1.165, 1.54) is 18.2 Å². The Morgan fingerprint density at radius 1 is 1.60 bits per heavy atom. The summed E-state index contributed by atoms with van der Waals surface area (Å²) in [7, 11) is 0. The molecule has 0 fully saturated rings. The number of benzene rings is 1. The molecule has 0 spiro atoms. The first-order valence-electron chi connectivity index (χ1n) is 4.84. The lowest BCUT2D eigenvalue weighted by Gasteiger charge is -2.11. The molecule has 0 aliphatic carbocycles. The van der Waals surface area contributed by atoms with Crippen LogP contribution in [-0.4, -0.2) is 17.6 Å². The van der Waals surface area contributed by atoms with Gasteiger partial charge in [-0.3, -0.25) is 4.79 Å². The van der Waals surface area contributed by atoms with Crippen LogP contribution in [0, 0.1) is 11.7 Å². The molecule has 0 bridgehead atoms. The molecule has 1 atom stereocenters. The first-order chi connectivity index (χ1) is 7.17. The van der Waals surface area contributed by atoms with Crippen LogP contribution in [0.1, 0.15) is 13.3 Å². The Bertz CT molecular complexity index is 337. The summed E-state index contributed by atoms with van der Waals surface area (Å²) in [5.74, 6) is -1.12. The fourth-order valence-corrected chi connectivity index (χ4v) is 1.21. The lowest BCUT2D eigenvalue weighted by atomic mass is 10.1. The van der Waals surface area contributed by atoms with Gasteiger partial charge in [0.25, 0.3) is 0 Å². The summed E-state index contributed by atoms with van der Waals surface area (Å²) in [5, 5.41) is 11.4. The van der Waals surface area contributed by atoms with E-state index in [4.69, 9.17) is 5.11 Å². The van der Waals surface area contributed by atoms with E-state index in [0.29, 0.717) is 12.1 Å². The summed E-state index contributed by atoms with van der Waals surface area (Å²) in [6.07, 6.45) is 0.553. The zero-order valence-electron chi connectivity index (χ0n) is 8.53. The van der Waals surface area contributed by atoms with E-state index in [9.17, 15) is 9.18 Å². The van der Waals surface area contributed by atoms with Crippen molar-refractivity contribution in [1.82, 2.24) is 0 Å². The maximum absolute atomic E-state index is 12.8. The van der Waals surface area contributed by atoms with Crippen molar-refractivity contribution in [2.45, 2.75) is 13.3 Å². The highest BCUT2D eigenvalue weighted by Crippen LogP contribution is 2.11. The van der Waals surface area contributed by atoms with Crippen molar-refractivity contribution in [1.29, 1.82) is 0 Å². The highest BCUT2D eigenvalue weighted by Gasteiger charge is 2.14. The Kier molecular flexibility index (Phi) is 4.24. The molecule has 0 aromatic heterocycles. The monoisotopic (exact) mass is 211 g/mol. The molecule has 0 heterocycles. The zero-order chi connectivity index (χ0) is 11.3. The minimum Gasteiger partial charge on any atom is -0.396 e. The molecular weight excluding hydrogens is 197 g/mol. The number of aliphatic hydroxyl groups is 1. The summed E-state index contributed by atoms with van der Waals surface area (Å²) < 4.78 is 12.8. The van der Waals surface area contributed by atoms with E-state index >= 15 is 0 Å². The van der Waals surface area contributed by atoms with Gasteiger partial charge in [0.2, 0.25) is 5.91 Å². The molecule has 0 aliphatic rings. The fourth-order valence-electron chi connectivity index (χ4n) is 1.21. The minimum absolute atomic E-state index is 0.197. The van der Waals surface area contributed by atoms with Crippen LogP contribution in [0.4, 0.5) is 10.1 Å². The zero-order valence-corrected chi connectivity index (χ0v) is 8.53. The molecule has 1 aromatic rings. The fraction of sp³-hybridized carbons (Fsp3) is 0.364. The van der Waals surface area contributed by atoms with Crippen LogP contribution in [0.3, 0.4) is 0 Å². The summed E-state index contributed by atoms with van der Waals surface area (Å²) in [4.78, 5) is 11.5. The van der Waals surface area contributed by atoms with Crippen molar-refractivity contribution < 1.29 is 14.3 Å². The van der Waals surface area contributed by atoms with Gasteiger partial charge >= 0.3 is 0 Å². The van der Waals surface area contributed by atoms with Crippen molar-refractivity contribution >= 4 is 11.6 Å². The summed E-state index contributed by atoms with van der Waals surface area (Å²) in [6.45, 7) is 1.61. The van der Waals surface area contributed by atoms with Crippen molar-refractivity contribution in [3.05, 3.63) is 30.1 Å². The lowest BCUT2D eigenvalue weighted by molar-refractivity contribution is -0.121. The van der Waals surface area contributed by atoms with Gasteiger partial charge in [0.15, 0.2) is 0 Å². The van der Waals surface area contributed by atoms with E-state index in [1.807, 2.05) is 6.92 Å². The molecule has 2 N–H and O–H groups in total.